The van der Waals surface area contributed by atoms with Gasteiger partial charge in [-0.2, -0.15) is 0 Å². The number of aromatic nitrogens is 1. The van der Waals surface area contributed by atoms with Gasteiger partial charge in [0, 0.05) is 46.0 Å². The first-order chi connectivity index (χ1) is 16.4. The number of benzene rings is 3. The van der Waals surface area contributed by atoms with E-state index in [4.69, 9.17) is 0 Å². The van der Waals surface area contributed by atoms with Crippen LogP contribution >= 0.6 is 0 Å². The number of halogens is 1. The van der Waals surface area contributed by atoms with Gasteiger partial charge in [0.2, 0.25) is 0 Å². The molecule has 5 rings (SSSR count). The van der Waals surface area contributed by atoms with E-state index >= 15 is 0 Å². The lowest BCUT2D eigenvalue weighted by molar-refractivity contribution is -0.384. The van der Waals surface area contributed by atoms with Crippen molar-refractivity contribution in [1.29, 1.82) is 0 Å². The van der Waals surface area contributed by atoms with Gasteiger partial charge in [-0.3, -0.25) is 24.6 Å². The van der Waals surface area contributed by atoms with E-state index in [2.05, 4.69) is 4.98 Å². The Labute approximate surface area is 191 Å². The zero-order valence-corrected chi connectivity index (χ0v) is 17.4. The molecule has 2 heterocycles. The largest absolute Gasteiger partial charge is 0.507 e. The number of hydrogen-bond acceptors (Lipinski definition) is 5. The molecule has 9 heteroatoms. The molecule has 1 aliphatic heterocycles. The fourth-order valence-electron chi connectivity index (χ4n) is 4.26. The molecule has 1 aromatic heterocycles. The van der Waals surface area contributed by atoms with Crippen LogP contribution in [0.1, 0.15) is 17.2 Å². The number of aliphatic hydroxyl groups is 1. The maximum atomic E-state index is 14.1. The van der Waals surface area contributed by atoms with Gasteiger partial charge >= 0.3 is 0 Å². The standard InChI is InChI=1S/C25H16FN3O5/c26-15-6-4-7-16(12-15)28-22(19-13-27-20-10-2-1-9-18(19)20)21(24(31)25(28)32)23(30)14-5-3-8-17(11-14)29(33)34/h1-13,22,27,30H/b23-21+. The summed E-state index contributed by atoms with van der Waals surface area (Å²) in [6.45, 7) is 0. The Hall–Kier alpha value is -4.79. The van der Waals surface area contributed by atoms with Gasteiger partial charge in [-0.15, -0.1) is 0 Å². The Bertz CT molecular complexity index is 1520. The zero-order valence-electron chi connectivity index (χ0n) is 17.4. The number of rotatable bonds is 4. The maximum Gasteiger partial charge on any atom is 0.300 e. The highest BCUT2D eigenvalue weighted by Crippen LogP contribution is 2.44. The highest BCUT2D eigenvalue weighted by atomic mass is 19.1. The number of carbonyl (C=O) groups excluding carboxylic acids is 2. The molecule has 0 aliphatic carbocycles. The number of Topliss-reactive ketones (excluding diaryl/α,β-unsaturated/α-hetero) is 1. The van der Waals surface area contributed by atoms with E-state index in [9.17, 15) is 29.2 Å². The molecule has 1 unspecified atom stereocenters. The quantitative estimate of drug-likeness (QED) is 0.150. The number of carbonyl (C=O) groups is 2. The summed E-state index contributed by atoms with van der Waals surface area (Å²) >= 11 is 0. The predicted octanol–water partition coefficient (Wildman–Crippen LogP) is 4.84. The maximum absolute atomic E-state index is 14.1. The molecule has 0 spiro atoms. The molecule has 0 saturated carbocycles. The Morgan fingerprint density at radius 2 is 1.79 bits per heavy atom. The van der Waals surface area contributed by atoms with Crippen LogP contribution < -0.4 is 4.90 Å². The van der Waals surface area contributed by atoms with Gasteiger partial charge in [0.05, 0.1) is 16.5 Å². The second kappa shape index (κ2) is 7.96. The molecule has 8 nitrogen and oxygen atoms in total. The molecule has 0 bridgehead atoms. The van der Waals surface area contributed by atoms with Crippen molar-refractivity contribution in [2.45, 2.75) is 6.04 Å². The summed E-state index contributed by atoms with van der Waals surface area (Å²) < 4.78 is 14.1. The third-order valence-corrected chi connectivity index (χ3v) is 5.78. The number of aromatic amines is 1. The first-order valence-corrected chi connectivity index (χ1v) is 10.2. The Balaban J connectivity index is 1.78. The minimum absolute atomic E-state index is 0.0104. The number of ketones is 1. The van der Waals surface area contributed by atoms with Crippen LogP contribution in [-0.2, 0) is 9.59 Å². The lowest BCUT2D eigenvalue weighted by Gasteiger charge is -2.25. The number of nitro groups is 1. The number of para-hydroxylation sites is 1. The van der Waals surface area contributed by atoms with Crippen LogP contribution in [0.4, 0.5) is 15.8 Å². The van der Waals surface area contributed by atoms with Crippen molar-refractivity contribution in [1.82, 2.24) is 4.98 Å². The third-order valence-electron chi connectivity index (χ3n) is 5.78. The van der Waals surface area contributed by atoms with Crippen molar-refractivity contribution in [3.8, 4) is 0 Å². The number of nitro benzene ring substituents is 1. The number of nitrogens with one attached hydrogen (secondary N) is 1. The monoisotopic (exact) mass is 457 g/mol. The highest BCUT2D eigenvalue weighted by molar-refractivity contribution is 6.51. The molecule has 168 valence electrons. The molecule has 1 fully saturated rings. The van der Waals surface area contributed by atoms with Crippen LogP contribution in [0.3, 0.4) is 0 Å². The van der Waals surface area contributed by atoms with Crippen LogP contribution in [0.15, 0.2) is 84.6 Å². The molecule has 4 aromatic rings. The van der Waals surface area contributed by atoms with Gasteiger partial charge in [-0.05, 0) is 24.3 Å². The topological polar surface area (TPSA) is 117 Å². The normalized spacial score (nSPS) is 17.4. The van der Waals surface area contributed by atoms with Crippen LogP contribution in [0.25, 0.3) is 16.7 Å². The van der Waals surface area contributed by atoms with E-state index in [0.717, 1.165) is 22.5 Å². The van der Waals surface area contributed by atoms with Crippen LogP contribution in [0.2, 0.25) is 0 Å². The van der Waals surface area contributed by atoms with Gasteiger partial charge in [0.25, 0.3) is 17.4 Å². The number of non-ortho nitro benzene ring substituents is 1. The first-order valence-electron chi connectivity index (χ1n) is 10.2. The second-order valence-electron chi connectivity index (χ2n) is 7.75. The SMILES string of the molecule is O=C1C(=O)N(c2cccc(F)c2)C(c2c[nH]c3ccccc23)/C1=C(\O)c1cccc([N+](=O)[O-])c1. The smallest absolute Gasteiger partial charge is 0.300 e. The number of fused-ring (bicyclic) bond motifs is 1. The first kappa shape index (κ1) is 21.1. The number of nitrogens with zero attached hydrogens (tertiary/aromatic N) is 2. The molecule has 1 atom stereocenters. The number of aliphatic hydroxyl groups excluding tert-OH is 1. The summed E-state index contributed by atoms with van der Waals surface area (Å²) in [5.41, 5.74) is 0.849. The average molecular weight is 457 g/mol. The van der Waals surface area contributed by atoms with Crippen LogP contribution in [-0.4, -0.2) is 26.7 Å². The Morgan fingerprint density at radius 3 is 2.56 bits per heavy atom. The third kappa shape index (κ3) is 3.30. The second-order valence-corrected chi connectivity index (χ2v) is 7.75. The molecule has 34 heavy (non-hydrogen) atoms. The molecule has 0 radical (unpaired) electrons. The number of hydrogen-bond donors (Lipinski definition) is 2. The fourth-order valence-corrected chi connectivity index (χ4v) is 4.26. The molecule has 1 amide bonds. The number of anilines is 1. The fraction of sp³-hybridized carbons (Fsp3) is 0.0400. The highest BCUT2D eigenvalue weighted by Gasteiger charge is 2.47. The minimum atomic E-state index is -1.10. The summed E-state index contributed by atoms with van der Waals surface area (Å²) in [6, 6.07) is 16.5. The summed E-state index contributed by atoms with van der Waals surface area (Å²) in [7, 11) is 0. The van der Waals surface area contributed by atoms with Gasteiger partial charge in [0.1, 0.15) is 11.6 Å². The molecular formula is C25H16FN3O5. The number of H-pyrrole nitrogens is 1. The predicted molar refractivity (Wildman–Crippen MR) is 123 cm³/mol. The average Bonchev–Trinajstić information content (AvgIpc) is 3.37. The molecule has 3 aromatic carbocycles. The summed E-state index contributed by atoms with van der Waals surface area (Å²) in [5, 5.41) is 23.1. The minimum Gasteiger partial charge on any atom is -0.507 e. The van der Waals surface area contributed by atoms with Crippen molar-refractivity contribution in [2.24, 2.45) is 0 Å². The van der Waals surface area contributed by atoms with E-state index in [-0.39, 0.29) is 22.5 Å². The summed E-state index contributed by atoms with van der Waals surface area (Å²) in [5.74, 6) is -3.09. The van der Waals surface area contributed by atoms with Crippen LogP contribution in [0, 0.1) is 15.9 Å². The molecule has 1 aliphatic rings. The van der Waals surface area contributed by atoms with Gasteiger partial charge in [-0.1, -0.05) is 36.4 Å². The van der Waals surface area contributed by atoms with Crippen molar-refractivity contribution in [2.75, 3.05) is 4.90 Å². The number of amides is 1. The van der Waals surface area contributed by atoms with E-state index in [1.807, 2.05) is 12.1 Å². The zero-order chi connectivity index (χ0) is 24.0. The van der Waals surface area contributed by atoms with E-state index in [1.165, 1.54) is 36.4 Å². The van der Waals surface area contributed by atoms with E-state index in [0.29, 0.717) is 10.9 Å². The van der Waals surface area contributed by atoms with Crippen molar-refractivity contribution < 1.29 is 24.0 Å². The van der Waals surface area contributed by atoms with Crippen LogP contribution in [0.5, 0.6) is 0 Å². The van der Waals surface area contributed by atoms with Crippen molar-refractivity contribution in [3.63, 3.8) is 0 Å². The molecule has 2 N–H and O–H groups in total. The van der Waals surface area contributed by atoms with Gasteiger partial charge in [0.15, 0.2) is 0 Å². The lowest BCUT2D eigenvalue weighted by Crippen LogP contribution is -2.29. The molecular weight excluding hydrogens is 441 g/mol. The van der Waals surface area contributed by atoms with Gasteiger partial charge < -0.3 is 10.1 Å². The van der Waals surface area contributed by atoms with Crippen molar-refractivity contribution >= 4 is 39.7 Å². The van der Waals surface area contributed by atoms with E-state index in [1.54, 1.807) is 18.3 Å². The summed E-state index contributed by atoms with van der Waals surface area (Å²) in [6.07, 6.45) is 1.62. The van der Waals surface area contributed by atoms with E-state index < -0.39 is 34.2 Å². The Kier molecular flexibility index (Phi) is 4.94. The molecule has 1 saturated heterocycles. The van der Waals surface area contributed by atoms with Crippen molar-refractivity contribution in [3.05, 3.63) is 112 Å². The van der Waals surface area contributed by atoms with Gasteiger partial charge in [-0.25, -0.2) is 4.39 Å². The Morgan fingerprint density at radius 1 is 1.03 bits per heavy atom. The lowest BCUT2D eigenvalue weighted by atomic mass is 9.94. The summed E-state index contributed by atoms with van der Waals surface area (Å²) in [4.78, 5) is 41.2.